The Morgan fingerprint density at radius 1 is 1.08 bits per heavy atom. The number of hydrogen-bond donors (Lipinski definition) is 0. The van der Waals surface area contributed by atoms with Crippen LogP contribution >= 0.6 is 0 Å². The predicted molar refractivity (Wildman–Crippen MR) is 59.7 cm³/mol. The molecule has 0 bridgehead atoms. The summed E-state index contributed by atoms with van der Waals surface area (Å²) in [4.78, 5) is 0. The Kier molecular flexibility index (Phi) is 3.82. The lowest BCUT2D eigenvalue weighted by atomic mass is 9.63. The summed E-state index contributed by atoms with van der Waals surface area (Å²) in [5.74, 6) is 4.86. The molecule has 1 rings (SSSR count). The van der Waals surface area contributed by atoms with Gasteiger partial charge in [0.2, 0.25) is 0 Å². The van der Waals surface area contributed by atoms with Gasteiger partial charge in [-0.2, -0.15) is 0 Å². The van der Waals surface area contributed by atoms with Crippen LogP contribution in [0.5, 0.6) is 0 Å². The van der Waals surface area contributed by atoms with E-state index in [1.165, 1.54) is 19.3 Å². The first kappa shape index (κ1) is 11.1. The van der Waals surface area contributed by atoms with E-state index in [4.69, 9.17) is 0 Å². The van der Waals surface area contributed by atoms with Crippen LogP contribution in [0.25, 0.3) is 0 Å². The SMILES string of the molecule is CC(C)CC(C)CC1C(C)CC1C. The van der Waals surface area contributed by atoms with Crippen molar-refractivity contribution in [2.24, 2.45) is 29.6 Å². The molecule has 0 aromatic heterocycles. The van der Waals surface area contributed by atoms with Crippen molar-refractivity contribution >= 4 is 0 Å². The monoisotopic (exact) mass is 182 g/mol. The molecular formula is C13H26. The van der Waals surface area contributed by atoms with Gasteiger partial charge in [-0.1, -0.05) is 34.6 Å². The molecule has 0 radical (unpaired) electrons. The van der Waals surface area contributed by atoms with Crippen molar-refractivity contribution in [3.05, 3.63) is 0 Å². The average molecular weight is 182 g/mol. The van der Waals surface area contributed by atoms with E-state index < -0.39 is 0 Å². The van der Waals surface area contributed by atoms with Crippen molar-refractivity contribution in [2.75, 3.05) is 0 Å². The largest absolute Gasteiger partial charge is 0.0628 e. The summed E-state index contributed by atoms with van der Waals surface area (Å²) in [5, 5.41) is 0. The summed E-state index contributed by atoms with van der Waals surface area (Å²) in [6.45, 7) is 11.9. The minimum atomic E-state index is 0.876. The Morgan fingerprint density at radius 3 is 2.00 bits per heavy atom. The van der Waals surface area contributed by atoms with Gasteiger partial charge in [-0.3, -0.25) is 0 Å². The average Bonchev–Trinajstić information content (AvgIpc) is 2.00. The predicted octanol–water partition coefficient (Wildman–Crippen LogP) is 4.35. The molecule has 0 saturated heterocycles. The quantitative estimate of drug-likeness (QED) is 0.606. The fraction of sp³-hybridized carbons (Fsp3) is 1.00. The van der Waals surface area contributed by atoms with Gasteiger partial charge in [-0.05, 0) is 48.9 Å². The van der Waals surface area contributed by atoms with E-state index in [9.17, 15) is 0 Å². The molecule has 0 aliphatic heterocycles. The summed E-state index contributed by atoms with van der Waals surface area (Å²) in [6.07, 6.45) is 4.36. The first-order chi connectivity index (χ1) is 6.00. The summed E-state index contributed by atoms with van der Waals surface area (Å²) in [6, 6.07) is 0. The Hall–Kier alpha value is 0. The molecule has 0 spiro atoms. The van der Waals surface area contributed by atoms with Crippen LogP contribution in [0, 0.1) is 29.6 Å². The van der Waals surface area contributed by atoms with Crippen molar-refractivity contribution in [3.8, 4) is 0 Å². The van der Waals surface area contributed by atoms with E-state index >= 15 is 0 Å². The van der Waals surface area contributed by atoms with E-state index in [-0.39, 0.29) is 0 Å². The molecule has 1 saturated carbocycles. The molecule has 3 atom stereocenters. The van der Waals surface area contributed by atoms with Crippen molar-refractivity contribution in [1.82, 2.24) is 0 Å². The summed E-state index contributed by atoms with van der Waals surface area (Å²) in [7, 11) is 0. The van der Waals surface area contributed by atoms with Crippen LogP contribution in [-0.2, 0) is 0 Å². The molecular weight excluding hydrogens is 156 g/mol. The molecule has 1 aliphatic carbocycles. The highest BCUT2D eigenvalue weighted by Crippen LogP contribution is 2.44. The topological polar surface area (TPSA) is 0 Å². The van der Waals surface area contributed by atoms with Crippen molar-refractivity contribution < 1.29 is 0 Å². The molecule has 1 aliphatic rings. The third-order valence-electron chi connectivity index (χ3n) is 3.75. The second kappa shape index (κ2) is 4.48. The van der Waals surface area contributed by atoms with Crippen molar-refractivity contribution in [1.29, 1.82) is 0 Å². The summed E-state index contributed by atoms with van der Waals surface area (Å²) < 4.78 is 0. The van der Waals surface area contributed by atoms with E-state index in [0.717, 1.165) is 29.6 Å². The summed E-state index contributed by atoms with van der Waals surface area (Å²) in [5.41, 5.74) is 0. The van der Waals surface area contributed by atoms with Crippen LogP contribution in [0.3, 0.4) is 0 Å². The Labute approximate surface area is 84.1 Å². The highest BCUT2D eigenvalue weighted by atomic mass is 14.4. The van der Waals surface area contributed by atoms with Gasteiger partial charge >= 0.3 is 0 Å². The fourth-order valence-corrected chi connectivity index (χ4v) is 3.13. The zero-order chi connectivity index (χ0) is 10.0. The van der Waals surface area contributed by atoms with Crippen LogP contribution in [-0.4, -0.2) is 0 Å². The van der Waals surface area contributed by atoms with E-state index in [0.29, 0.717) is 0 Å². The van der Waals surface area contributed by atoms with Gasteiger partial charge in [0, 0.05) is 0 Å². The second-order valence-corrected chi connectivity index (χ2v) is 5.82. The van der Waals surface area contributed by atoms with Gasteiger partial charge in [0.15, 0.2) is 0 Å². The normalized spacial score (nSPS) is 36.0. The molecule has 3 unspecified atom stereocenters. The van der Waals surface area contributed by atoms with Gasteiger partial charge in [-0.15, -0.1) is 0 Å². The van der Waals surface area contributed by atoms with Crippen LogP contribution in [0.1, 0.15) is 53.9 Å². The maximum absolute atomic E-state index is 2.43. The van der Waals surface area contributed by atoms with E-state index in [2.05, 4.69) is 34.6 Å². The van der Waals surface area contributed by atoms with Crippen LogP contribution in [0.2, 0.25) is 0 Å². The maximum atomic E-state index is 2.43. The fourth-order valence-electron chi connectivity index (χ4n) is 3.13. The number of rotatable bonds is 4. The first-order valence-electron chi connectivity index (χ1n) is 6.00. The van der Waals surface area contributed by atoms with Gasteiger partial charge < -0.3 is 0 Å². The van der Waals surface area contributed by atoms with Crippen LogP contribution < -0.4 is 0 Å². The molecule has 0 heterocycles. The van der Waals surface area contributed by atoms with Crippen molar-refractivity contribution in [2.45, 2.75) is 53.9 Å². The molecule has 78 valence electrons. The third-order valence-corrected chi connectivity index (χ3v) is 3.75. The summed E-state index contributed by atoms with van der Waals surface area (Å²) >= 11 is 0. The molecule has 0 heteroatoms. The zero-order valence-electron chi connectivity index (χ0n) is 10.0. The van der Waals surface area contributed by atoms with E-state index in [1.54, 1.807) is 0 Å². The minimum Gasteiger partial charge on any atom is -0.0628 e. The lowest BCUT2D eigenvalue weighted by Crippen LogP contribution is -2.34. The molecule has 0 nitrogen and oxygen atoms in total. The molecule has 0 aromatic rings. The molecule has 0 aromatic carbocycles. The van der Waals surface area contributed by atoms with Gasteiger partial charge in [0.25, 0.3) is 0 Å². The van der Waals surface area contributed by atoms with Gasteiger partial charge in [0.05, 0.1) is 0 Å². The van der Waals surface area contributed by atoms with Gasteiger partial charge in [-0.25, -0.2) is 0 Å². The van der Waals surface area contributed by atoms with Crippen molar-refractivity contribution in [3.63, 3.8) is 0 Å². The van der Waals surface area contributed by atoms with Crippen LogP contribution in [0.4, 0.5) is 0 Å². The molecule has 1 fully saturated rings. The zero-order valence-corrected chi connectivity index (χ0v) is 10.0. The second-order valence-electron chi connectivity index (χ2n) is 5.82. The standard InChI is InChI=1S/C13H26/c1-9(2)6-10(3)7-13-11(4)8-12(13)5/h9-13H,6-8H2,1-5H3. The molecule has 0 N–H and O–H groups in total. The highest BCUT2D eigenvalue weighted by molar-refractivity contribution is 4.84. The Morgan fingerprint density at radius 2 is 1.62 bits per heavy atom. The Balaban J connectivity index is 2.23. The molecule has 13 heavy (non-hydrogen) atoms. The van der Waals surface area contributed by atoms with Gasteiger partial charge in [0.1, 0.15) is 0 Å². The van der Waals surface area contributed by atoms with E-state index in [1.807, 2.05) is 0 Å². The maximum Gasteiger partial charge on any atom is -0.0360 e. The Bertz CT molecular complexity index is 140. The first-order valence-corrected chi connectivity index (χ1v) is 6.00. The molecule has 0 amide bonds. The lowest BCUT2D eigenvalue weighted by molar-refractivity contribution is 0.0738. The third kappa shape index (κ3) is 3.00. The lowest BCUT2D eigenvalue weighted by Gasteiger charge is -2.42. The smallest absolute Gasteiger partial charge is 0.0360 e. The number of hydrogen-bond acceptors (Lipinski definition) is 0. The van der Waals surface area contributed by atoms with Crippen LogP contribution in [0.15, 0.2) is 0 Å². The minimum absolute atomic E-state index is 0.876. The highest BCUT2D eigenvalue weighted by Gasteiger charge is 2.34.